The van der Waals surface area contributed by atoms with Gasteiger partial charge in [-0.15, -0.1) is 11.5 Å². The van der Waals surface area contributed by atoms with Gasteiger partial charge in [-0.05, 0) is 51.6 Å². The topological polar surface area (TPSA) is 30.7 Å². The lowest BCUT2D eigenvalue weighted by Crippen LogP contribution is -1.99. The van der Waals surface area contributed by atoms with Crippen molar-refractivity contribution in [2.24, 2.45) is 0 Å². The lowest BCUT2D eigenvalue weighted by molar-refractivity contribution is 0.650. The number of hydrogen-bond donors (Lipinski definition) is 0. The summed E-state index contributed by atoms with van der Waals surface area (Å²) in [5, 5.41) is 11.4. The first kappa shape index (κ1) is 22.5. The average Bonchev–Trinajstić information content (AvgIpc) is 3.42. The molecule has 6 rings (SSSR count). The van der Waals surface area contributed by atoms with E-state index in [1.54, 1.807) is 0 Å². The fraction of sp³-hybridized carbons (Fsp3) is 0.0588. The van der Waals surface area contributed by atoms with E-state index in [1.165, 1.54) is 16.5 Å². The molecule has 1 aromatic heterocycles. The lowest BCUT2D eigenvalue weighted by Gasteiger charge is -2.16. The molecule has 0 N–H and O–H groups in total. The Hall–Kier alpha value is -4.94. The number of hydrogen-bond acceptors (Lipinski definition) is 2. The quantitative estimate of drug-likeness (QED) is 0.235. The molecule has 0 spiro atoms. The normalized spacial score (nSPS) is 10.9. The molecule has 0 aliphatic rings. The van der Waals surface area contributed by atoms with E-state index in [1.807, 2.05) is 35.1 Å². The Balaban J connectivity index is 1.53. The van der Waals surface area contributed by atoms with Crippen LogP contribution in [0.4, 0.5) is 0 Å². The molecule has 0 amide bonds. The summed E-state index contributed by atoms with van der Waals surface area (Å²) in [6.45, 7) is 0.656. The summed E-state index contributed by atoms with van der Waals surface area (Å²) in [5.74, 6) is 2.99. The maximum atomic E-state index is 6.16. The van der Waals surface area contributed by atoms with Crippen LogP contribution in [-0.2, 0) is 13.0 Å². The molecule has 0 atom stereocenters. The molecule has 0 fully saturated rings. The summed E-state index contributed by atoms with van der Waals surface area (Å²) in [6.07, 6.45) is 8.96. The Bertz CT molecular complexity index is 1720. The highest BCUT2D eigenvalue weighted by Gasteiger charge is 2.18. The first-order valence-corrected chi connectivity index (χ1v) is 12.4. The Morgan fingerprint density at radius 1 is 0.676 bits per heavy atom. The van der Waals surface area contributed by atoms with Gasteiger partial charge in [0.1, 0.15) is 5.69 Å². The maximum absolute atomic E-state index is 6.16. The van der Waals surface area contributed by atoms with Gasteiger partial charge in [-0.25, -0.2) is 4.68 Å². The molecule has 176 valence electrons. The van der Waals surface area contributed by atoms with Crippen molar-refractivity contribution in [2.75, 3.05) is 0 Å². The first-order chi connectivity index (χ1) is 18.3. The zero-order valence-electron chi connectivity index (χ0n) is 20.4. The highest BCUT2D eigenvalue weighted by atomic mass is 15.4. The minimum absolute atomic E-state index is 0.656. The van der Waals surface area contributed by atoms with Gasteiger partial charge in [0.25, 0.3) is 0 Å². The standard InChI is InChI=1S/C34H25N3/c1-2-28-21-27(20-25-12-5-3-6-13-25)22-32(33-24-37(36-35-33)23-26-14-7-4-8-15-26)34(28)31-19-11-17-29-16-9-10-18-30(29)31/h1,3-19,21-22,24H,20,23H2. The van der Waals surface area contributed by atoms with Crippen LogP contribution in [0.5, 0.6) is 0 Å². The van der Waals surface area contributed by atoms with Gasteiger partial charge in [0, 0.05) is 16.7 Å². The monoisotopic (exact) mass is 475 g/mol. The van der Waals surface area contributed by atoms with Crippen molar-refractivity contribution >= 4 is 10.8 Å². The number of fused-ring (bicyclic) bond motifs is 1. The third-order valence-electron chi connectivity index (χ3n) is 6.67. The zero-order chi connectivity index (χ0) is 25.0. The number of aromatic nitrogens is 3. The first-order valence-electron chi connectivity index (χ1n) is 12.4. The smallest absolute Gasteiger partial charge is 0.113 e. The van der Waals surface area contributed by atoms with Crippen LogP contribution in [0.25, 0.3) is 33.2 Å². The molecule has 0 saturated heterocycles. The van der Waals surface area contributed by atoms with Gasteiger partial charge < -0.3 is 0 Å². The Morgan fingerprint density at radius 3 is 2.16 bits per heavy atom. The predicted octanol–water partition coefficient (Wildman–Crippen LogP) is 7.39. The van der Waals surface area contributed by atoms with Crippen LogP contribution >= 0.6 is 0 Å². The van der Waals surface area contributed by atoms with Crippen LogP contribution in [0, 0.1) is 12.3 Å². The fourth-order valence-corrected chi connectivity index (χ4v) is 4.95. The van der Waals surface area contributed by atoms with E-state index in [0.29, 0.717) is 6.54 Å². The second-order valence-corrected chi connectivity index (χ2v) is 9.19. The molecule has 3 nitrogen and oxygen atoms in total. The number of nitrogens with zero attached hydrogens (tertiary/aromatic N) is 3. The Morgan fingerprint density at radius 2 is 1.38 bits per heavy atom. The van der Waals surface area contributed by atoms with E-state index in [-0.39, 0.29) is 0 Å². The van der Waals surface area contributed by atoms with Gasteiger partial charge in [0.05, 0.1) is 12.7 Å². The van der Waals surface area contributed by atoms with Crippen molar-refractivity contribution in [3.05, 3.63) is 144 Å². The second-order valence-electron chi connectivity index (χ2n) is 9.19. The van der Waals surface area contributed by atoms with E-state index < -0.39 is 0 Å². The van der Waals surface area contributed by atoms with E-state index in [2.05, 4.69) is 107 Å². The third-order valence-corrected chi connectivity index (χ3v) is 6.67. The van der Waals surface area contributed by atoms with Crippen LogP contribution in [-0.4, -0.2) is 15.0 Å². The third kappa shape index (κ3) is 4.66. The van der Waals surface area contributed by atoms with Crippen LogP contribution in [0.3, 0.4) is 0 Å². The average molecular weight is 476 g/mol. The van der Waals surface area contributed by atoms with Crippen LogP contribution < -0.4 is 0 Å². The number of rotatable bonds is 6. The molecule has 37 heavy (non-hydrogen) atoms. The van der Waals surface area contributed by atoms with Crippen molar-refractivity contribution in [2.45, 2.75) is 13.0 Å². The second kappa shape index (κ2) is 9.97. The lowest BCUT2D eigenvalue weighted by atomic mass is 9.87. The van der Waals surface area contributed by atoms with Gasteiger partial charge in [-0.1, -0.05) is 114 Å². The summed E-state index contributed by atoms with van der Waals surface area (Å²) < 4.78 is 1.89. The van der Waals surface area contributed by atoms with Gasteiger partial charge in [-0.3, -0.25) is 0 Å². The highest BCUT2D eigenvalue weighted by molar-refractivity contribution is 6.02. The minimum atomic E-state index is 0.656. The summed E-state index contributed by atoms with van der Waals surface area (Å²) in [6, 6.07) is 39.9. The Kier molecular flexibility index (Phi) is 6.07. The van der Waals surface area contributed by atoms with Crippen LogP contribution in [0.1, 0.15) is 22.3 Å². The van der Waals surface area contributed by atoms with E-state index in [9.17, 15) is 0 Å². The van der Waals surface area contributed by atoms with E-state index >= 15 is 0 Å². The number of terminal acetylenes is 1. The molecular formula is C34H25N3. The van der Waals surface area contributed by atoms with Gasteiger partial charge in [-0.2, -0.15) is 0 Å². The van der Waals surface area contributed by atoms with Crippen molar-refractivity contribution in [3.63, 3.8) is 0 Å². The summed E-state index contributed by atoms with van der Waals surface area (Å²) in [7, 11) is 0. The molecule has 5 aromatic carbocycles. The molecule has 0 radical (unpaired) electrons. The highest BCUT2D eigenvalue weighted by Crippen LogP contribution is 2.39. The molecule has 1 heterocycles. The van der Waals surface area contributed by atoms with Gasteiger partial charge in [0.2, 0.25) is 0 Å². The molecule has 3 heteroatoms. The SMILES string of the molecule is C#Cc1cc(Cc2ccccc2)cc(-c2cn(Cc3ccccc3)nn2)c1-c1cccc2ccccc12. The van der Waals surface area contributed by atoms with Crippen molar-refractivity contribution in [1.82, 2.24) is 15.0 Å². The fourth-order valence-electron chi connectivity index (χ4n) is 4.95. The number of benzene rings is 5. The molecule has 0 unspecified atom stereocenters. The Labute approximate surface area is 217 Å². The summed E-state index contributed by atoms with van der Waals surface area (Å²) in [5.41, 5.74) is 8.35. The van der Waals surface area contributed by atoms with E-state index in [4.69, 9.17) is 6.42 Å². The predicted molar refractivity (Wildman–Crippen MR) is 151 cm³/mol. The molecular weight excluding hydrogens is 450 g/mol. The van der Waals surface area contributed by atoms with Crippen molar-refractivity contribution < 1.29 is 0 Å². The van der Waals surface area contributed by atoms with Crippen LogP contribution in [0.2, 0.25) is 0 Å². The minimum Gasteiger partial charge on any atom is -0.247 e. The van der Waals surface area contributed by atoms with Gasteiger partial charge in [0.15, 0.2) is 0 Å². The van der Waals surface area contributed by atoms with Crippen molar-refractivity contribution in [3.8, 4) is 34.7 Å². The molecule has 0 aliphatic carbocycles. The van der Waals surface area contributed by atoms with Crippen molar-refractivity contribution in [1.29, 1.82) is 0 Å². The molecule has 0 aliphatic heterocycles. The maximum Gasteiger partial charge on any atom is 0.113 e. The largest absolute Gasteiger partial charge is 0.247 e. The molecule has 0 saturated carbocycles. The molecule has 6 aromatic rings. The molecule has 0 bridgehead atoms. The zero-order valence-corrected chi connectivity index (χ0v) is 20.4. The summed E-state index contributed by atoms with van der Waals surface area (Å²) in [4.78, 5) is 0. The van der Waals surface area contributed by atoms with E-state index in [0.717, 1.165) is 45.3 Å². The van der Waals surface area contributed by atoms with Gasteiger partial charge >= 0.3 is 0 Å². The summed E-state index contributed by atoms with van der Waals surface area (Å²) >= 11 is 0. The van der Waals surface area contributed by atoms with Crippen LogP contribution in [0.15, 0.2) is 121 Å².